The molecule has 156 valence electrons. The Labute approximate surface area is 188 Å². The van der Waals surface area contributed by atoms with Gasteiger partial charge in [-0.1, -0.05) is 40.2 Å². The number of rotatable bonds is 6. The third-order valence-corrected chi connectivity index (χ3v) is 5.42. The molecule has 31 heavy (non-hydrogen) atoms. The van der Waals surface area contributed by atoms with E-state index in [-0.39, 0.29) is 23.9 Å². The van der Waals surface area contributed by atoms with E-state index in [0.29, 0.717) is 22.6 Å². The van der Waals surface area contributed by atoms with Crippen molar-refractivity contribution in [3.8, 4) is 17.2 Å². The molecule has 4 rings (SSSR count). The van der Waals surface area contributed by atoms with E-state index >= 15 is 0 Å². The molecule has 3 aromatic rings. The Morgan fingerprint density at radius 1 is 1.03 bits per heavy atom. The molecule has 0 saturated heterocycles. The normalized spacial score (nSPS) is 13.6. The maximum absolute atomic E-state index is 12.8. The van der Waals surface area contributed by atoms with Crippen molar-refractivity contribution in [3.05, 3.63) is 93.1 Å². The van der Waals surface area contributed by atoms with Crippen molar-refractivity contribution in [2.45, 2.75) is 6.92 Å². The zero-order valence-electron chi connectivity index (χ0n) is 17.0. The van der Waals surface area contributed by atoms with Crippen molar-refractivity contribution in [2.75, 3.05) is 13.7 Å². The molecule has 0 N–H and O–H groups in total. The molecular weight excluding hydrogens is 460 g/mol. The van der Waals surface area contributed by atoms with E-state index in [0.717, 1.165) is 21.3 Å². The monoisotopic (exact) mass is 478 g/mol. The minimum Gasteiger partial charge on any atom is -0.497 e. The van der Waals surface area contributed by atoms with Crippen LogP contribution in [-0.2, 0) is 0 Å². The van der Waals surface area contributed by atoms with Crippen LogP contribution in [0.15, 0.2) is 70.9 Å². The highest BCUT2D eigenvalue weighted by Crippen LogP contribution is 2.37. The number of carbonyl (C=O) groups is 2. The highest BCUT2D eigenvalue weighted by atomic mass is 79.9. The highest BCUT2D eigenvalue weighted by Gasteiger charge is 2.30. The lowest BCUT2D eigenvalue weighted by molar-refractivity contribution is 0.0920. The van der Waals surface area contributed by atoms with Gasteiger partial charge >= 0.3 is 0 Å². The van der Waals surface area contributed by atoms with Gasteiger partial charge in [-0.3, -0.25) is 9.59 Å². The first-order valence-electron chi connectivity index (χ1n) is 9.59. The van der Waals surface area contributed by atoms with Gasteiger partial charge in [0.25, 0.3) is 0 Å². The van der Waals surface area contributed by atoms with Crippen LogP contribution in [0.25, 0.3) is 6.08 Å². The van der Waals surface area contributed by atoms with E-state index in [1.54, 1.807) is 37.5 Å². The molecule has 0 aromatic heterocycles. The Hall–Kier alpha value is -3.38. The van der Waals surface area contributed by atoms with E-state index in [1.165, 1.54) is 0 Å². The first-order chi connectivity index (χ1) is 14.9. The molecule has 0 saturated carbocycles. The highest BCUT2D eigenvalue weighted by molar-refractivity contribution is 9.10. The van der Waals surface area contributed by atoms with Crippen molar-refractivity contribution in [3.63, 3.8) is 0 Å². The maximum Gasteiger partial charge on any atom is 0.232 e. The van der Waals surface area contributed by atoms with Crippen LogP contribution in [0.1, 0.15) is 31.8 Å². The molecule has 0 fully saturated rings. The fourth-order valence-electron chi connectivity index (χ4n) is 3.28. The molecule has 6 heteroatoms. The van der Waals surface area contributed by atoms with Gasteiger partial charge in [0.1, 0.15) is 17.2 Å². The van der Waals surface area contributed by atoms with Crippen molar-refractivity contribution in [1.29, 1.82) is 0 Å². The van der Waals surface area contributed by atoms with Crippen LogP contribution >= 0.6 is 15.9 Å². The van der Waals surface area contributed by atoms with Gasteiger partial charge in [-0.05, 0) is 54.5 Å². The molecule has 1 aliphatic heterocycles. The summed E-state index contributed by atoms with van der Waals surface area (Å²) in [4.78, 5) is 25.2. The first-order valence-corrected chi connectivity index (χ1v) is 10.4. The molecule has 0 aliphatic carbocycles. The Balaban J connectivity index is 1.50. The minimum atomic E-state index is -0.180. The van der Waals surface area contributed by atoms with Gasteiger partial charge in [-0.2, -0.15) is 0 Å². The van der Waals surface area contributed by atoms with E-state index < -0.39 is 0 Å². The molecular formula is C25H19BrO5. The molecule has 3 aromatic carbocycles. The van der Waals surface area contributed by atoms with E-state index in [9.17, 15) is 9.59 Å². The predicted molar refractivity (Wildman–Crippen MR) is 121 cm³/mol. The summed E-state index contributed by atoms with van der Waals surface area (Å²) >= 11 is 3.35. The number of ketones is 2. The van der Waals surface area contributed by atoms with E-state index in [2.05, 4.69) is 15.9 Å². The molecule has 1 heterocycles. The van der Waals surface area contributed by atoms with Crippen LogP contribution in [0, 0.1) is 6.92 Å². The van der Waals surface area contributed by atoms with Gasteiger partial charge in [0.05, 0.1) is 12.7 Å². The van der Waals surface area contributed by atoms with Gasteiger partial charge < -0.3 is 14.2 Å². The topological polar surface area (TPSA) is 61.8 Å². The Bertz CT molecular complexity index is 1180. The minimum absolute atomic E-state index is 0.109. The van der Waals surface area contributed by atoms with Crippen molar-refractivity contribution < 1.29 is 23.8 Å². The molecule has 0 amide bonds. The largest absolute Gasteiger partial charge is 0.497 e. The zero-order chi connectivity index (χ0) is 22.0. The third-order valence-electron chi connectivity index (χ3n) is 4.89. The van der Waals surface area contributed by atoms with Gasteiger partial charge in [-0.15, -0.1) is 0 Å². The quantitative estimate of drug-likeness (QED) is 0.338. The summed E-state index contributed by atoms with van der Waals surface area (Å²) in [6.45, 7) is 1.71. The number of carbonyl (C=O) groups excluding carboxylic acids is 2. The number of halogens is 1. The van der Waals surface area contributed by atoms with Crippen LogP contribution in [0.4, 0.5) is 0 Å². The molecule has 0 unspecified atom stereocenters. The summed E-state index contributed by atoms with van der Waals surface area (Å²) in [5.41, 5.74) is 2.63. The molecule has 0 radical (unpaired) electrons. The number of hydrogen-bond donors (Lipinski definition) is 0. The Morgan fingerprint density at radius 3 is 2.42 bits per heavy atom. The van der Waals surface area contributed by atoms with E-state index in [4.69, 9.17) is 14.2 Å². The first kappa shape index (κ1) is 20.9. The van der Waals surface area contributed by atoms with Gasteiger partial charge in [-0.25, -0.2) is 0 Å². The summed E-state index contributed by atoms with van der Waals surface area (Å²) < 4.78 is 17.6. The van der Waals surface area contributed by atoms with Crippen molar-refractivity contribution in [2.24, 2.45) is 0 Å². The Kier molecular flexibility index (Phi) is 5.91. The summed E-state index contributed by atoms with van der Waals surface area (Å²) in [7, 11) is 1.60. The standard InChI is InChI=1S/C25H19BrO5/c1-15-11-20(30-14-21(27)17-5-7-18(26)8-6-17)13-22-24(15)25(28)23(31-22)12-16-3-9-19(29-2)10-4-16/h3-13H,14H2,1-2H3/b23-12-. The number of allylic oxidation sites excluding steroid dienone is 1. The Morgan fingerprint density at radius 2 is 1.74 bits per heavy atom. The summed E-state index contributed by atoms with van der Waals surface area (Å²) in [6, 6.07) is 17.8. The van der Waals surface area contributed by atoms with E-state index in [1.807, 2.05) is 43.3 Å². The van der Waals surface area contributed by atoms with Crippen molar-refractivity contribution >= 4 is 33.6 Å². The lowest BCUT2D eigenvalue weighted by Crippen LogP contribution is -2.11. The number of Topliss-reactive ketones (excluding diaryl/α,β-unsaturated/α-hetero) is 2. The SMILES string of the molecule is COc1ccc(/C=C2\Oc3cc(OCC(=O)c4ccc(Br)cc4)cc(C)c3C2=O)cc1. The third kappa shape index (κ3) is 4.54. The van der Waals surface area contributed by atoms with Crippen LogP contribution in [-0.4, -0.2) is 25.3 Å². The van der Waals surface area contributed by atoms with Gasteiger partial charge in [0, 0.05) is 16.1 Å². The second-order valence-corrected chi connectivity index (χ2v) is 7.96. The fourth-order valence-corrected chi connectivity index (χ4v) is 3.54. The molecule has 0 atom stereocenters. The van der Waals surface area contributed by atoms with Crippen LogP contribution in [0.5, 0.6) is 17.2 Å². The van der Waals surface area contributed by atoms with Gasteiger partial charge in [0.15, 0.2) is 18.1 Å². The summed E-state index contributed by atoms with van der Waals surface area (Å²) in [5, 5.41) is 0. The number of methoxy groups -OCH3 is 1. The van der Waals surface area contributed by atoms with Gasteiger partial charge in [0.2, 0.25) is 5.78 Å². The predicted octanol–water partition coefficient (Wildman–Crippen LogP) is 5.64. The fraction of sp³-hybridized carbons (Fsp3) is 0.120. The summed E-state index contributed by atoms with van der Waals surface area (Å²) in [5.74, 6) is 1.56. The number of fused-ring (bicyclic) bond motifs is 1. The number of benzene rings is 3. The zero-order valence-corrected chi connectivity index (χ0v) is 18.6. The number of aryl methyl sites for hydroxylation is 1. The number of hydrogen-bond acceptors (Lipinski definition) is 5. The van der Waals surface area contributed by atoms with Crippen LogP contribution < -0.4 is 14.2 Å². The summed E-state index contributed by atoms with van der Waals surface area (Å²) in [6.07, 6.45) is 1.69. The average Bonchev–Trinajstić information content (AvgIpc) is 3.08. The van der Waals surface area contributed by atoms with Crippen molar-refractivity contribution in [1.82, 2.24) is 0 Å². The molecule has 0 spiro atoms. The average molecular weight is 479 g/mol. The smallest absolute Gasteiger partial charge is 0.232 e. The lowest BCUT2D eigenvalue weighted by Gasteiger charge is -2.09. The number of ether oxygens (including phenoxy) is 3. The molecule has 5 nitrogen and oxygen atoms in total. The molecule has 1 aliphatic rings. The lowest BCUT2D eigenvalue weighted by atomic mass is 10.0. The maximum atomic E-state index is 12.8. The van der Waals surface area contributed by atoms with Crippen LogP contribution in [0.3, 0.4) is 0 Å². The second kappa shape index (κ2) is 8.78. The molecule has 0 bridgehead atoms. The second-order valence-electron chi connectivity index (χ2n) is 7.04. The van der Waals surface area contributed by atoms with Crippen LogP contribution in [0.2, 0.25) is 0 Å².